The Morgan fingerprint density at radius 3 is 2.55 bits per heavy atom. The van der Waals surface area contributed by atoms with Gasteiger partial charge in [-0.15, -0.1) is 0 Å². The van der Waals surface area contributed by atoms with Gasteiger partial charge in [0.1, 0.15) is 0 Å². The van der Waals surface area contributed by atoms with Crippen LogP contribution >= 0.6 is 0 Å². The number of carbonyl (C=O) groups excluding carboxylic acids is 2. The standard InChI is InChI=1S/C18H19FN6O4/c19-14-3-2-13(10-15(14)25(28)29)23-17(27)16(26)22-11-12-4-8-24(9-5-12)18-20-6-1-7-21-18/h1-3,6-7,10,12H,4-5,8-9,11H2,(H,22,26)(H,23,27). The average molecular weight is 402 g/mol. The number of nitro groups is 1. The van der Waals surface area contributed by atoms with E-state index in [9.17, 15) is 24.1 Å². The van der Waals surface area contributed by atoms with Gasteiger partial charge in [-0.25, -0.2) is 9.97 Å². The topological polar surface area (TPSA) is 130 Å². The Hall–Kier alpha value is -3.63. The van der Waals surface area contributed by atoms with Gasteiger partial charge in [-0.1, -0.05) is 0 Å². The summed E-state index contributed by atoms with van der Waals surface area (Å²) in [5.74, 6) is -1.97. The largest absolute Gasteiger partial charge is 0.348 e. The molecule has 1 aliphatic heterocycles. The van der Waals surface area contributed by atoms with E-state index < -0.39 is 28.2 Å². The molecule has 3 rings (SSSR count). The van der Waals surface area contributed by atoms with Crippen LogP contribution in [0.1, 0.15) is 12.8 Å². The molecule has 1 aromatic heterocycles. The number of benzene rings is 1. The second kappa shape index (κ2) is 9.04. The highest BCUT2D eigenvalue weighted by atomic mass is 19.1. The Morgan fingerprint density at radius 2 is 1.90 bits per heavy atom. The van der Waals surface area contributed by atoms with Crippen LogP contribution in [0, 0.1) is 21.8 Å². The van der Waals surface area contributed by atoms with Crippen LogP contribution in [0.25, 0.3) is 0 Å². The number of nitrogens with one attached hydrogen (secondary N) is 2. The maximum Gasteiger partial charge on any atom is 0.313 e. The molecule has 1 saturated heterocycles. The molecule has 11 heteroatoms. The number of amides is 2. The first-order valence-electron chi connectivity index (χ1n) is 8.99. The van der Waals surface area contributed by atoms with E-state index in [4.69, 9.17) is 0 Å². The molecular formula is C18H19FN6O4. The van der Waals surface area contributed by atoms with Gasteiger partial charge in [-0.2, -0.15) is 4.39 Å². The van der Waals surface area contributed by atoms with Crippen LogP contribution in [0.2, 0.25) is 0 Å². The van der Waals surface area contributed by atoms with Gasteiger partial charge in [-0.05, 0) is 37.0 Å². The molecule has 29 heavy (non-hydrogen) atoms. The zero-order valence-electron chi connectivity index (χ0n) is 15.4. The normalized spacial score (nSPS) is 14.3. The first-order chi connectivity index (χ1) is 13.9. The smallest absolute Gasteiger partial charge is 0.313 e. The quantitative estimate of drug-likeness (QED) is 0.440. The third-order valence-electron chi connectivity index (χ3n) is 4.61. The molecular weight excluding hydrogens is 383 g/mol. The molecule has 0 bridgehead atoms. The number of nitrogens with zero attached hydrogens (tertiary/aromatic N) is 4. The molecule has 2 N–H and O–H groups in total. The Kier molecular flexibility index (Phi) is 6.27. The first-order valence-corrected chi connectivity index (χ1v) is 8.99. The summed E-state index contributed by atoms with van der Waals surface area (Å²) in [6.45, 7) is 1.82. The van der Waals surface area contributed by atoms with Crippen LogP contribution in [0.3, 0.4) is 0 Å². The lowest BCUT2D eigenvalue weighted by atomic mass is 9.97. The van der Waals surface area contributed by atoms with Gasteiger partial charge < -0.3 is 15.5 Å². The summed E-state index contributed by atoms with van der Waals surface area (Å²) in [6.07, 6.45) is 4.99. The van der Waals surface area contributed by atoms with Gasteiger partial charge in [0.2, 0.25) is 11.8 Å². The van der Waals surface area contributed by atoms with E-state index in [-0.39, 0.29) is 11.6 Å². The van der Waals surface area contributed by atoms with Gasteiger partial charge >= 0.3 is 17.5 Å². The van der Waals surface area contributed by atoms with Crippen molar-refractivity contribution < 1.29 is 18.9 Å². The molecule has 10 nitrogen and oxygen atoms in total. The van der Waals surface area contributed by atoms with Gasteiger partial charge in [0, 0.05) is 43.8 Å². The van der Waals surface area contributed by atoms with E-state index in [1.54, 1.807) is 18.5 Å². The summed E-state index contributed by atoms with van der Waals surface area (Å²) in [4.78, 5) is 44.3. The molecule has 2 heterocycles. The minimum atomic E-state index is -1.02. The lowest BCUT2D eigenvalue weighted by Gasteiger charge is -2.31. The van der Waals surface area contributed by atoms with Crippen LogP contribution in [0.15, 0.2) is 36.7 Å². The van der Waals surface area contributed by atoms with Crippen molar-refractivity contribution in [3.8, 4) is 0 Å². The summed E-state index contributed by atoms with van der Waals surface area (Å²) >= 11 is 0. The summed E-state index contributed by atoms with van der Waals surface area (Å²) in [7, 11) is 0. The van der Waals surface area contributed by atoms with E-state index in [0.717, 1.165) is 44.1 Å². The van der Waals surface area contributed by atoms with Crippen molar-refractivity contribution in [2.75, 3.05) is 29.9 Å². The van der Waals surface area contributed by atoms with E-state index >= 15 is 0 Å². The van der Waals surface area contributed by atoms with Gasteiger partial charge in [0.15, 0.2) is 0 Å². The highest BCUT2D eigenvalue weighted by Crippen LogP contribution is 2.22. The zero-order valence-corrected chi connectivity index (χ0v) is 15.4. The van der Waals surface area contributed by atoms with Crippen molar-refractivity contribution in [1.29, 1.82) is 0 Å². The van der Waals surface area contributed by atoms with Crippen LogP contribution in [-0.4, -0.2) is 46.3 Å². The SMILES string of the molecule is O=C(NCC1CCN(c2ncccn2)CC1)C(=O)Nc1ccc(F)c([N+](=O)[O-])c1. The molecule has 1 fully saturated rings. The number of aromatic nitrogens is 2. The molecule has 0 aliphatic carbocycles. The Bertz CT molecular complexity index is 902. The number of hydrogen-bond donors (Lipinski definition) is 2. The van der Waals surface area contributed by atoms with Gasteiger partial charge in [-0.3, -0.25) is 19.7 Å². The maximum atomic E-state index is 13.3. The average Bonchev–Trinajstić information content (AvgIpc) is 2.74. The second-order valence-electron chi connectivity index (χ2n) is 6.57. The monoisotopic (exact) mass is 402 g/mol. The fourth-order valence-electron chi connectivity index (χ4n) is 3.03. The molecule has 2 aromatic rings. The molecule has 152 valence electrons. The van der Waals surface area contributed by atoms with Gasteiger partial charge in [0.25, 0.3) is 0 Å². The molecule has 0 atom stereocenters. The van der Waals surface area contributed by atoms with Crippen molar-refractivity contribution in [3.63, 3.8) is 0 Å². The van der Waals surface area contributed by atoms with Gasteiger partial charge in [0.05, 0.1) is 4.92 Å². The number of piperidine rings is 1. The molecule has 0 saturated carbocycles. The number of carbonyl (C=O) groups is 2. The van der Waals surface area contributed by atoms with E-state index in [0.29, 0.717) is 12.5 Å². The predicted molar refractivity (Wildman–Crippen MR) is 102 cm³/mol. The molecule has 0 radical (unpaired) electrons. The minimum Gasteiger partial charge on any atom is -0.348 e. The number of hydrogen-bond acceptors (Lipinski definition) is 7. The highest BCUT2D eigenvalue weighted by Gasteiger charge is 2.23. The Balaban J connectivity index is 1.46. The lowest BCUT2D eigenvalue weighted by Crippen LogP contribution is -2.42. The molecule has 2 amide bonds. The summed E-state index contributed by atoms with van der Waals surface area (Å²) in [5, 5.41) is 15.5. The van der Waals surface area contributed by atoms with Crippen molar-refractivity contribution in [1.82, 2.24) is 15.3 Å². The number of anilines is 2. The molecule has 0 unspecified atom stereocenters. The van der Waals surface area contributed by atoms with E-state index in [2.05, 4.69) is 25.5 Å². The molecule has 1 aromatic carbocycles. The lowest BCUT2D eigenvalue weighted by molar-refractivity contribution is -0.387. The fraction of sp³-hybridized carbons (Fsp3) is 0.333. The number of halogens is 1. The third kappa shape index (κ3) is 5.21. The third-order valence-corrected chi connectivity index (χ3v) is 4.61. The maximum absolute atomic E-state index is 13.3. The number of rotatable bonds is 5. The fourth-order valence-corrected chi connectivity index (χ4v) is 3.03. The van der Waals surface area contributed by atoms with Crippen LogP contribution in [0.5, 0.6) is 0 Å². The molecule has 0 spiro atoms. The Labute approximate surface area is 165 Å². The van der Waals surface area contributed by atoms with E-state index in [1.165, 1.54) is 0 Å². The van der Waals surface area contributed by atoms with Crippen LogP contribution < -0.4 is 15.5 Å². The highest BCUT2D eigenvalue weighted by molar-refractivity contribution is 6.39. The van der Waals surface area contributed by atoms with Crippen molar-refractivity contribution >= 4 is 29.1 Å². The minimum absolute atomic E-state index is 0.0329. The Morgan fingerprint density at radius 1 is 1.21 bits per heavy atom. The van der Waals surface area contributed by atoms with Crippen molar-refractivity contribution in [2.24, 2.45) is 5.92 Å². The predicted octanol–water partition coefficient (Wildman–Crippen LogP) is 1.50. The molecule has 1 aliphatic rings. The first kappa shape index (κ1) is 20.1. The number of nitro benzene ring substituents is 1. The summed E-state index contributed by atoms with van der Waals surface area (Å²) < 4.78 is 13.3. The van der Waals surface area contributed by atoms with E-state index in [1.807, 2.05) is 0 Å². The van der Waals surface area contributed by atoms with Crippen molar-refractivity contribution in [2.45, 2.75) is 12.8 Å². The zero-order chi connectivity index (χ0) is 20.8. The second-order valence-corrected chi connectivity index (χ2v) is 6.57. The summed E-state index contributed by atoms with van der Waals surface area (Å²) in [5.41, 5.74) is -0.813. The summed E-state index contributed by atoms with van der Waals surface area (Å²) in [6, 6.07) is 4.62. The van der Waals surface area contributed by atoms with Crippen molar-refractivity contribution in [3.05, 3.63) is 52.6 Å². The van der Waals surface area contributed by atoms with Crippen LogP contribution in [-0.2, 0) is 9.59 Å². The van der Waals surface area contributed by atoms with Crippen LogP contribution in [0.4, 0.5) is 21.7 Å².